The Morgan fingerprint density at radius 2 is 2.16 bits per heavy atom. The van der Waals surface area contributed by atoms with Crippen molar-refractivity contribution in [3.8, 4) is 5.88 Å². The van der Waals surface area contributed by atoms with Crippen LogP contribution in [0.4, 0.5) is 11.5 Å². The fourth-order valence-electron chi connectivity index (χ4n) is 1.65. The molecule has 1 unspecified atom stereocenters. The number of nitrogens with two attached hydrogens (primary N) is 1. The molecule has 6 heteroatoms. The third kappa shape index (κ3) is 4.55. The number of anilines is 2. The summed E-state index contributed by atoms with van der Waals surface area (Å²) >= 11 is 0. The molecule has 0 radical (unpaired) electrons. The fraction of sp³-hybridized carbons (Fsp3) is 0.692. The quantitative estimate of drug-likeness (QED) is 0.745. The molecular weight excluding hydrogens is 242 g/mol. The van der Waals surface area contributed by atoms with Gasteiger partial charge in [0.15, 0.2) is 5.82 Å². The van der Waals surface area contributed by atoms with Crippen molar-refractivity contribution in [2.24, 2.45) is 0 Å². The second kappa shape index (κ2) is 7.78. The predicted octanol–water partition coefficient (Wildman–Crippen LogP) is 1.60. The molecule has 0 aromatic carbocycles. The van der Waals surface area contributed by atoms with Gasteiger partial charge in [0.1, 0.15) is 12.0 Å². The third-order valence-corrected chi connectivity index (χ3v) is 3.23. The van der Waals surface area contributed by atoms with Gasteiger partial charge in [-0.1, -0.05) is 6.92 Å². The van der Waals surface area contributed by atoms with E-state index in [0.29, 0.717) is 30.0 Å². The van der Waals surface area contributed by atoms with Gasteiger partial charge in [0.2, 0.25) is 5.88 Å². The van der Waals surface area contributed by atoms with Gasteiger partial charge in [-0.2, -0.15) is 4.98 Å². The number of nitrogen functional groups attached to an aromatic ring is 1. The molecule has 0 saturated carbocycles. The first-order valence-electron chi connectivity index (χ1n) is 6.77. The third-order valence-electron chi connectivity index (χ3n) is 3.23. The highest BCUT2D eigenvalue weighted by atomic mass is 16.5. The van der Waals surface area contributed by atoms with Crippen LogP contribution in [0.5, 0.6) is 5.88 Å². The predicted molar refractivity (Wildman–Crippen MR) is 78.5 cm³/mol. The minimum Gasteiger partial charge on any atom is -0.476 e. The van der Waals surface area contributed by atoms with Crippen LogP contribution in [0.2, 0.25) is 0 Å². The smallest absolute Gasteiger partial charge is 0.242 e. The molecule has 0 aliphatic carbocycles. The van der Waals surface area contributed by atoms with Gasteiger partial charge in [0, 0.05) is 19.1 Å². The maximum atomic E-state index is 5.95. The van der Waals surface area contributed by atoms with Gasteiger partial charge in [0.25, 0.3) is 0 Å². The molecule has 1 aromatic rings. The summed E-state index contributed by atoms with van der Waals surface area (Å²) in [6.45, 7) is 8.56. The zero-order chi connectivity index (χ0) is 14.3. The van der Waals surface area contributed by atoms with E-state index in [1.165, 1.54) is 6.33 Å². The summed E-state index contributed by atoms with van der Waals surface area (Å²) in [5.41, 5.74) is 6.41. The largest absolute Gasteiger partial charge is 0.476 e. The van der Waals surface area contributed by atoms with Gasteiger partial charge >= 0.3 is 0 Å². The van der Waals surface area contributed by atoms with Crippen molar-refractivity contribution in [2.45, 2.75) is 33.2 Å². The highest BCUT2D eigenvalue weighted by molar-refractivity contribution is 5.66. The molecule has 0 aliphatic heterocycles. The van der Waals surface area contributed by atoms with Crippen molar-refractivity contribution >= 4 is 11.5 Å². The van der Waals surface area contributed by atoms with Gasteiger partial charge in [-0.25, -0.2) is 4.98 Å². The van der Waals surface area contributed by atoms with Crippen molar-refractivity contribution in [3.63, 3.8) is 0 Å². The van der Waals surface area contributed by atoms with Gasteiger partial charge in [-0.15, -0.1) is 0 Å². The molecule has 1 aromatic heterocycles. The lowest BCUT2D eigenvalue weighted by Crippen LogP contribution is -2.32. The molecule has 0 spiro atoms. The first-order chi connectivity index (χ1) is 9.10. The first-order valence-corrected chi connectivity index (χ1v) is 6.77. The first kappa shape index (κ1) is 15.5. The Labute approximate surface area is 115 Å². The Morgan fingerprint density at radius 1 is 1.42 bits per heavy atom. The van der Waals surface area contributed by atoms with Crippen LogP contribution >= 0.6 is 0 Å². The van der Waals surface area contributed by atoms with Crippen LogP contribution in [-0.2, 0) is 0 Å². The molecule has 6 nitrogen and oxygen atoms in total. The maximum absolute atomic E-state index is 5.95. The molecule has 0 fully saturated rings. The average molecular weight is 267 g/mol. The van der Waals surface area contributed by atoms with Crippen molar-refractivity contribution in [1.29, 1.82) is 0 Å². The number of likely N-dealkylation sites (N-methyl/N-ethyl adjacent to an activating group) is 1. The van der Waals surface area contributed by atoms with Crippen molar-refractivity contribution in [3.05, 3.63) is 6.33 Å². The number of nitrogens with one attached hydrogen (secondary N) is 1. The van der Waals surface area contributed by atoms with Crippen LogP contribution in [0, 0.1) is 0 Å². The van der Waals surface area contributed by atoms with E-state index in [2.05, 4.69) is 41.1 Å². The van der Waals surface area contributed by atoms with E-state index in [4.69, 9.17) is 10.5 Å². The lowest BCUT2D eigenvalue weighted by atomic mass is 10.2. The van der Waals surface area contributed by atoms with Crippen LogP contribution in [0.15, 0.2) is 6.33 Å². The SMILES string of the molecule is CCOc1ncnc(NCCN(C)C(C)CC)c1N. The summed E-state index contributed by atoms with van der Waals surface area (Å²) in [6.07, 6.45) is 2.60. The Kier molecular flexibility index (Phi) is 6.35. The normalized spacial score (nSPS) is 12.5. The van der Waals surface area contributed by atoms with Crippen LogP contribution in [0.25, 0.3) is 0 Å². The van der Waals surface area contributed by atoms with Gasteiger partial charge < -0.3 is 20.7 Å². The molecule has 0 amide bonds. The lowest BCUT2D eigenvalue weighted by Gasteiger charge is -2.23. The number of rotatable bonds is 8. The lowest BCUT2D eigenvalue weighted by molar-refractivity contribution is 0.261. The second-order valence-corrected chi connectivity index (χ2v) is 4.54. The van der Waals surface area contributed by atoms with E-state index < -0.39 is 0 Å². The summed E-state index contributed by atoms with van der Waals surface area (Å²) < 4.78 is 5.33. The highest BCUT2D eigenvalue weighted by Crippen LogP contribution is 2.24. The molecule has 3 N–H and O–H groups in total. The minimum atomic E-state index is 0.440. The molecular formula is C13H25N5O. The Morgan fingerprint density at radius 3 is 2.79 bits per heavy atom. The van der Waals surface area contributed by atoms with Crippen molar-refractivity contribution in [1.82, 2.24) is 14.9 Å². The van der Waals surface area contributed by atoms with Crippen LogP contribution in [-0.4, -0.2) is 47.7 Å². The highest BCUT2D eigenvalue weighted by Gasteiger charge is 2.10. The molecule has 1 rings (SSSR count). The monoisotopic (exact) mass is 267 g/mol. The van der Waals surface area contributed by atoms with Crippen LogP contribution in [0.1, 0.15) is 27.2 Å². The number of hydrogen-bond donors (Lipinski definition) is 2. The van der Waals surface area contributed by atoms with Crippen molar-refractivity contribution < 1.29 is 4.74 Å². The zero-order valence-electron chi connectivity index (χ0n) is 12.3. The minimum absolute atomic E-state index is 0.440. The van der Waals surface area contributed by atoms with Gasteiger partial charge in [0.05, 0.1) is 6.61 Å². The topological polar surface area (TPSA) is 76.3 Å². The van der Waals surface area contributed by atoms with E-state index in [0.717, 1.165) is 19.5 Å². The molecule has 108 valence electrons. The molecule has 1 atom stereocenters. The number of aromatic nitrogens is 2. The molecule has 0 aliphatic rings. The van der Waals surface area contributed by atoms with E-state index in [9.17, 15) is 0 Å². The van der Waals surface area contributed by atoms with Crippen LogP contribution < -0.4 is 15.8 Å². The second-order valence-electron chi connectivity index (χ2n) is 4.54. The summed E-state index contributed by atoms with van der Waals surface area (Å²) in [5.74, 6) is 1.08. The van der Waals surface area contributed by atoms with Crippen LogP contribution in [0.3, 0.4) is 0 Å². The van der Waals surface area contributed by atoms with Gasteiger partial charge in [-0.3, -0.25) is 0 Å². The van der Waals surface area contributed by atoms with E-state index in [1.54, 1.807) is 0 Å². The molecule has 19 heavy (non-hydrogen) atoms. The Hall–Kier alpha value is -1.56. The van der Waals surface area contributed by atoms with E-state index in [-0.39, 0.29) is 0 Å². The number of ether oxygens (including phenoxy) is 1. The fourth-order valence-corrected chi connectivity index (χ4v) is 1.65. The number of nitrogens with zero attached hydrogens (tertiary/aromatic N) is 3. The molecule has 0 bridgehead atoms. The van der Waals surface area contributed by atoms with Crippen molar-refractivity contribution in [2.75, 3.05) is 37.8 Å². The van der Waals surface area contributed by atoms with Gasteiger partial charge in [-0.05, 0) is 27.3 Å². The molecule has 0 saturated heterocycles. The summed E-state index contributed by atoms with van der Waals surface area (Å²) in [4.78, 5) is 10.4. The maximum Gasteiger partial charge on any atom is 0.242 e. The zero-order valence-corrected chi connectivity index (χ0v) is 12.3. The summed E-state index contributed by atoms with van der Waals surface area (Å²) in [5, 5.41) is 3.22. The molecule has 1 heterocycles. The van der Waals surface area contributed by atoms with E-state index in [1.807, 2.05) is 6.92 Å². The Bertz CT molecular complexity index is 385. The average Bonchev–Trinajstić information content (AvgIpc) is 2.42. The van der Waals surface area contributed by atoms with E-state index >= 15 is 0 Å². The Balaban J connectivity index is 2.51. The summed E-state index contributed by atoms with van der Waals surface area (Å²) in [6, 6.07) is 0.573. The number of hydrogen-bond acceptors (Lipinski definition) is 6. The summed E-state index contributed by atoms with van der Waals surface area (Å²) in [7, 11) is 2.12. The standard InChI is InChI=1S/C13H25N5O/c1-5-10(3)18(4)8-7-15-12-11(14)13(19-6-2)17-9-16-12/h9-10H,5-8,14H2,1-4H3,(H,15,16,17).